The molecule has 114 valence electrons. The van der Waals surface area contributed by atoms with E-state index in [2.05, 4.69) is 34.7 Å². The van der Waals surface area contributed by atoms with Crippen LogP contribution in [0.15, 0.2) is 38.0 Å². The lowest BCUT2D eigenvalue weighted by Gasteiger charge is -2.17. The Morgan fingerprint density at radius 2 is 1.38 bits per heavy atom. The fourth-order valence-electron chi connectivity index (χ4n) is 0.932. The van der Waals surface area contributed by atoms with Gasteiger partial charge in [0.2, 0.25) is 0 Å². The summed E-state index contributed by atoms with van der Waals surface area (Å²) in [5.74, 6) is 0. The topological polar surface area (TPSA) is 75.6 Å². The summed E-state index contributed by atoms with van der Waals surface area (Å²) < 4.78 is 10.5. The second kappa shape index (κ2) is 8.01. The number of nitrogens with zero attached hydrogens (tertiary/aromatic N) is 3. The van der Waals surface area contributed by atoms with Crippen molar-refractivity contribution in [2.75, 3.05) is 13.2 Å². The van der Waals surface area contributed by atoms with Gasteiger partial charge in [0.25, 0.3) is 0 Å². The summed E-state index contributed by atoms with van der Waals surface area (Å²) in [6.07, 6.45) is 4.70. The molecule has 0 saturated carbocycles. The standard InChI is InChI=1S/C14H19N3O4/c1-6-9-18-11-15-12(19-10-7-2)17-13(16-11)20-21-14(4,5)8-3/h6-8H,1-3,9-10H2,4-5H3. The van der Waals surface area contributed by atoms with Crippen molar-refractivity contribution in [1.82, 2.24) is 15.0 Å². The van der Waals surface area contributed by atoms with Crippen molar-refractivity contribution in [1.29, 1.82) is 0 Å². The summed E-state index contributed by atoms with van der Waals surface area (Å²) in [4.78, 5) is 22.0. The van der Waals surface area contributed by atoms with Crippen molar-refractivity contribution in [3.05, 3.63) is 38.0 Å². The van der Waals surface area contributed by atoms with Crippen LogP contribution in [0.5, 0.6) is 18.0 Å². The largest absolute Gasteiger partial charge is 0.459 e. The normalized spacial score (nSPS) is 10.6. The van der Waals surface area contributed by atoms with E-state index in [1.54, 1.807) is 32.1 Å². The van der Waals surface area contributed by atoms with Gasteiger partial charge < -0.3 is 9.47 Å². The van der Waals surface area contributed by atoms with Crippen LogP contribution in [0.2, 0.25) is 0 Å². The van der Waals surface area contributed by atoms with Crippen molar-refractivity contribution < 1.29 is 19.2 Å². The zero-order chi connectivity index (χ0) is 15.7. The minimum atomic E-state index is -0.698. The minimum absolute atomic E-state index is 0.0407. The second-order valence-electron chi connectivity index (χ2n) is 4.36. The molecule has 1 aromatic rings. The fourth-order valence-corrected chi connectivity index (χ4v) is 0.932. The molecule has 7 nitrogen and oxygen atoms in total. The first-order valence-electron chi connectivity index (χ1n) is 6.23. The van der Waals surface area contributed by atoms with E-state index in [1.165, 1.54) is 0 Å². The van der Waals surface area contributed by atoms with Gasteiger partial charge in [-0.05, 0) is 13.8 Å². The Morgan fingerprint density at radius 3 is 1.81 bits per heavy atom. The summed E-state index contributed by atoms with van der Waals surface area (Å²) in [6, 6.07) is -0.00371. The third-order valence-corrected chi connectivity index (χ3v) is 2.06. The summed E-state index contributed by atoms with van der Waals surface area (Å²) in [6.45, 7) is 14.7. The monoisotopic (exact) mass is 293 g/mol. The molecular weight excluding hydrogens is 274 g/mol. The molecular formula is C14H19N3O4. The summed E-state index contributed by atoms with van der Waals surface area (Å²) in [5.41, 5.74) is -0.698. The highest BCUT2D eigenvalue weighted by Crippen LogP contribution is 2.17. The molecule has 0 aromatic carbocycles. The lowest BCUT2D eigenvalue weighted by atomic mass is 10.1. The Bertz CT molecular complexity index is 473. The SMILES string of the molecule is C=CCOc1nc(OCC=C)nc(OOC(C)(C)C=C)n1. The zero-order valence-corrected chi connectivity index (χ0v) is 12.2. The van der Waals surface area contributed by atoms with Crippen molar-refractivity contribution in [3.8, 4) is 18.0 Å². The predicted octanol–water partition coefficient (Wildman–Crippen LogP) is 2.28. The third kappa shape index (κ3) is 6.05. The molecule has 0 aliphatic carbocycles. The quantitative estimate of drug-likeness (QED) is 0.372. The van der Waals surface area contributed by atoms with Crippen LogP contribution in [-0.4, -0.2) is 33.8 Å². The van der Waals surface area contributed by atoms with E-state index in [-0.39, 0.29) is 31.2 Å². The van der Waals surface area contributed by atoms with Gasteiger partial charge in [0.05, 0.1) is 0 Å². The van der Waals surface area contributed by atoms with E-state index in [0.29, 0.717) is 0 Å². The van der Waals surface area contributed by atoms with Gasteiger partial charge in [-0.1, -0.05) is 31.4 Å². The Labute approximate surface area is 123 Å². The van der Waals surface area contributed by atoms with Gasteiger partial charge in [-0.25, -0.2) is 0 Å². The molecule has 1 aromatic heterocycles. The Morgan fingerprint density at radius 1 is 0.905 bits per heavy atom. The number of aromatic nitrogens is 3. The molecule has 7 heteroatoms. The third-order valence-electron chi connectivity index (χ3n) is 2.06. The van der Waals surface area contributed by atoms with Crippen molar-refractivity contribution in [2.24, 2.45) is 0 Å². The van der Waals surface area contributed by atoms with Crippen LogP contribution in [0.4, 0.5) is 0 Å². The van der Waals surface area contributed by atoms with Crippen LogP contribution >= 0.6 is 0 Å². The fraction of sp³-hybridized carbons (Fsp3) is 0.357. The van der Waals surface area contributed by atoms with Crippen LogP contribution in [0.1, 0.15) is 13.8 Å². The van der Waals surface area contributed by atoms with Gasteiger partial charge >= 0.3 is 18.0 Å². The molecule has 0 aliphatic heterocycles. The molecule has 0 spiro atoms. The van der Waals surface area contributed by atoms with Crippen LogP contribution in [0, 0.1) is 0 Å². The lowest BCUT2D eigenvalue weighted by Crippen LogP contribution is -2.23. The summed E-state index contributed by atoms with van der Waals surface area (Å²) in [7, 11) is 0. The molecule has 0 fully saturated rings. The molecule has 0 N–H and O–H groups in total. The van der Waals surface area contributed by atoms with E-state index >= 15 is 0 Å². The van der Waals surface area contributed by atoms with E-state index in [4.69, 9.17) is 19.2 Å². The van der Waals surface area contributed by atoms with Gasteiger partial charge in [0, 0.05) is 0 Å². The van der Waals surface area contributed by atoms with Crippen LogP contribution in [-0.2, 0) is 4.89 Å². The molecule has 1 rings (SSSR count). The minimum Gasteiger partial charge on any atom is -0.459 e. The van der Waals surface area contributed by atoms with Crippen molar-refractivity contribution >= 4 is 0 Å². The molecule has 0 radical (unpaired) electrons. The molecule has 0 saturated heterocycles. The highest BCUT2D eigenvalue weighted by atomic mass is 17.2. The maximum Gasteiger partial charge on any atom is 0.362 e. The highest BCUT2D eigenvalue weighted by Gasteiger charge is 2.18. The molecule has 0 amide bonds. The van der Waals surface area contributed by atoms with Crippen molar-refractivity contribution in [2.45, 2.75) is 19.4 Å². The van der Waals surface area contributed by atoms with Crippen LogP contribution in [0.3, 0.4) is 0 Å². The molecule has 0 atom stereocenters. The van der Waals surface area contributed by atoms with Crippen LogP contribution < -0.4 is 14.4 Å². The van der Waals surface area contributed by atoms with Crippen LogP contribution in [0.25, 0.3) is 0 Å². The molecule has 0 unspecified atom stereocenters. The maximum absolute atomic E-state index is 5.23. The van der Waals surface area contributed by atoms with E-state index in [0.717, 1.165) is 0 Å². The zero-order valence-electron chi connectivity index (χ0n) is 12.2. The number of ether oxygens (including phenoxy) is 2. The first kappa shape index (κ1) is 16.6. The van der Waals surface area contributed by atoms with Crippen molar-refractivity contribution in [3.63, 3.8) is 0 Å². The van der Waals surface area contributed by atoms with Gasteiger partial charge in [0.1, 0.15) is 18.8 Å². The summed E-state index contributed by atoms with van der Waals surface area (Å²) in [5, 5.41) is 0. The average molecular weight is 293 g/mol. The van der Waals surface area contributed by atoms with Gasteiger partial charge in [-0.15, -0.1) is 21.5 Å². The first-order chi connectivity index (χ1) is 10.0. The van der Waals surface area contributed by atoms with Gasteiger partial charge in [-0.2, -0.15) is 4.89 Å². The first-order valence-corrected chi connectivity index (χ1v) is 6.23. The van der Waals surface area contributed by atoms with Gasteiger partial charge in [-0.3, -0.25) is 4.89 Å². The predicted molar refractivity (Wildman–Crippen MR) is 77.2 cm³/mol. The van der Waals surface area contributed by atoms with E-state index in [9.17, 15) is 0 Å². The Balaban J connectivity index is 2.86. The van der Waals surface area contributed by atoms with Gasteiger partial charge in [0.15, 0.2) is 0 Å². The molecule has 0 aliphatic rings. The molecule has 1 heterocycles. The number of hydrogen-bond acceptors (Lipinski definition) is 7. The Hall–Kier alpha value is -2.41. The smallest absolute Gasteiger partial charge is 0.362 e. The number of hydrogen-bond donors (Lipinski definition) is 0. The Kier molecular flexibility index (Phi) is 6.35. The van der Waals surface area contributed by atoms with E-state index in [1.807, 2.05) is 0 Å². The second-order valence-corrected chi connectivity index (χ2v) is 4.36. The lowest BCUT2D eigenvalue weighted by molar-refractivity contribution is -0.269. The molecule has 21 heavy (non-hydrogen) atoms. The molecule has 0 bridgehead atoms. The van der Waals surface area contributed by atoms with E-state index < -0.39 is 5.60 Å². The summed E-state index contributed by atoms with van der Waals surface area (Å²) >= 11 is 0. The average Bonchev–Trinajstić information content (AvgIpc) is 2.49. The maximum atomic E-state index is 5.23. The highest BCUT2D eigenvalue weighted by molar-refractivity contribution is 5.09. The number of rotatable bonds is 10.